The van der Waals surface area contributed by atoms with E-state index in [1.165, 1.54) is 44.1 Å². The molecule has 1 rings (SSSR count). The van der Waals surface area contributed by atoms with Gasteiger partial charge in [0, 0.05) is 6.04 Å². The average molecular weight is 251 g/mol. The normalized spacial score (nSPS) is 24.8. The Hall–Kier alpha value is -0.300. The van der Waals surface area contributed by atoms with Crippen LogP contribution in [0, 0.1) is 11.3 Å². The van der Waals surface area contributed by atoms with Gasteiger partial charge in [-0.2, -0.15) is 0 Å². The zero-order valence-corrected chi connectivity index (χ0v) is 13.0. The smallest absolute Gasteiger partial charge is 0.0137 e. The summed E-state index contributed by atoms with van der Waals surface area (Å²) in [5.41, 5.74) is 1.91. The number of hydrogen-bond donors (Lipinski definition) is 1. The van der Waals surface area contributed by atoms with Gasteiger partial charge < -0.3 is 5.32 Å². The van der Waals surface area contributed by atoms with Crippen LogP contribution in [0.5, 0.6) is 0 Å². The zero-order valence-electron chi connectivity index (χ0n) is 13.0. The molecular weight excluding hydrogens is 218 g/mol. The molecule has 0 aliphatic heterocycles. The van der Waals surface area contributed by atoms with Crippen molar-refractivity contribution in [2.45, 2.75) is 78.7 Å². The van der Waals surface area contributed by atoms with Crippen molar-refractivity contribution < 1.29 is 0 Å². The van der Waals surface area contributed by atoms with E-state index in [1.54, 1.807) is 0 Å². The fourth-order valence-electron chi connectivity index (χ4n) is 3.41. The Morgan fingerprint density at radius 3 is 2.61 bits per heavy atom. The van der Waals surface area contributed by atoms with Crippen molar-refractivity contribution in [1.82, 2.24) is 5.32 Å². The van der Waals surface area contributed by atoms with Gasteiger partial charge in [-0.05, 0) is 50.0 Å². The van der Waals surface area contributed by atoms with E-state index in [2.05, 4.69) is 39.6 Å². The molecule has 2 unspecified atom stereocenters. The Morgan fingerprint density at radius 1 is 1.33 bits per heavy atom. The highest BCUT2D eigenvalue weighted by Gasteiger charge is 2.37. The Kier molecular flexibility index (Phi) is 6.42. The number of nitrogens with one attached hydrogen (secondary N) is 1. The summed E-state index contributed by atoms with van der Waals surface area (Å²) in [5.74, 6) is 0.820. The summed E-state index contributed by atoms with van der Waals surface area (Å²) in [6.07, 6.45) is 9.13. The summed E-state index contributed by atoms with van der Waals surface area (Å²) in [5, 5.41) is 3.80. The molecule has 0 bridgehead atoms. The van der Waals surface area contributed by atoms with Gasteiger partial charge in [-0.3, -0.25) is 0 Å². The molecule has 18 heavy (non-hydrogen) atoms. The van der Waals surface area contributed by atoms with Crippen molar-refractivity contribution in [2.75, 3.05) is 6.54 Å². The van der Waals surface area contributed by atoms with E-state index in [9.17, 15) is 0 Å². The van der Waals surface area contributed by atoms with Gasteiger partial charge in [-0.1, -0.05) is 52.7 Å². The van der Waals surface area contributed by atoms with Gasteiger partial charge in [0.2, 0.25) is 0 Å². The second kappa shape index (κ2) is 7.33. The van der Waals surface area contributed by atoms with Gasteiger partial charge in [0.15, 0.2) is 0 Å². The molecule has 0 heterocycles. The maximum atomic E-state index is 4.22. The molecule has 0 saturated heterocycles. The molecule has 0 aromatic carbocycles. The van der Waals surface area contributed by atoms with E-state index in [-0.39, 0.29) is 0 Å². The zero-order chi connectivity index (χ0) is 13.6. The SMILES string of the molecule is C=C(CC)CC(NCCC)C1CCCCC1(C)C. The summed E-state index contributed by atoms with van der Waals surface area (Å²) in [6.45, 7) is 14.8. The summed E-state index contributed by atoms with van der Waals surface area (Å²) in [7, 11) is 0. The van der Waals surface area contributed by atoms with Crippen LogP contribution in [0.25, 0.3) is 0 Å². The van der Waals surface area contributed by atoms with Crippen LogP contribution in [-0.2, 0) is 0 Å². The molecule has 1 heteroatoms. The minimum Gasteiger partial charge on any atom is -0.313 e. The monoisotopic (exact) mass is 251 g/mol. The minimum atomic E-state index is 0.498. The Bertz CT molecular complexity index is 254. The Labute approximate surface area is 114 Å². The average Bonchev–Trinajstić information content (AvgIpc) is 2.34. The Morgan fingerprint density at radius 2 is 2.06 bits per heavy atom. The van der Waals surface area contributed by atoms with Gasteiger partial charge >= 0.3 is 0 Å². The van der Waals surface area contributed by atoms with E-state index in [0.717, 1.165) is 18.9 Å². The second-order valence-electron chi connectivity index (χ2n) is 6.71. The third kappa shape index (κ3) is 4.42. The van der Waals surface area contributed by atoms with Crippen molar-refractivity contribution in [3.05, 3.63) is 12.2 Å². The molecule has 1 nitrogen and oxygen atoms in total. The van der Waals surface area contributed by atoms with E-state index in [1.807, 2.05) is 0 Å². The summed E-state index contributed by atoms with van der Waals surface area (Å²) >= 11 is 0. The van der Waals surface area contributed by atoms with Gasteiger partial charge in [0.1, 0.15) is 0 Å². The lowest BCUT2D eigenvalue weighted by atomic mass is 9.65. The molecule has 1 N–H and O–H groups in total. The van der Waals surface area contributed by atoms with Crippen LogP contribution in [-0.4, -0.2) is 12.6 Å². The third-order valence-corrected chi connectivity index (χ3v) is 4.74. The lowest BCUT2D eigenvalue weighted by Gasteiger charge is -2.44. The van der Waals surface area contributed by atoms with Crippen LogP contribution < -0.4 is 5.32 Å². The highest BCUT2D eigenvalue weighted by molar-refractivity contribution is 5.01. The first kappa shape index (κ1) is 15.8. The lowest BCUT2D eigenvalue weighted by Crippen LogP contribution is -2.45. The largest absolute Gasteiger partial charge is 0.313 e. The van der Waals surface area contributed by atoms with Crippen LogP contribution in [0.15, 0.2) is 12.2 Å². The molecule has 1 aliphatic rings. The van der Waals surface area contributed by atoms with Crippen LogP contribution in [0.4, 0.5) is 0 Å². The summed E-state index contributed by atoms with van der Waals surface area (Å²) in [6, 6.07) is 0.646. The fourth-order valence-corrected chi connectivity index (χ4v) is 3.41. The summed E-state index contributed by atoms with van der Waals surface area (Å²) < 4.78 is 0. The fraction of sp³-hybridized carbons (Fsp3) is 0.882. The molecule has 106 valence electrons. The highest BCUT2D eigenvalue weighted by atomic mass is 14.9. The van der Waals surface area contributed by atoms with Crippen LogP contribution in [0.2, 0.25) is 0 Å². The van der Waals surface area contributed by atoms with Gasteiger partial charge in [0.25, 0.3) is 0 Å². The van der Waals surface area contributed by atoms with Crippen LogP contribution >= 0.6 is 0 Å². The molecular formula is C17H33N. The maximum absolute atomic E-state index is 4.22. The molecule has 1 fully saturated rings. The van der Waals surface area contributed by atoms with Crippen LogP contribution in [0.3, 0.4) is 0 Å². The first-order chi connectivity index (χ1) is 8.51. The van der Waals surface area contributed by atoms with Crippen molar-refractivity contribution in [3.8, 4) is 0 Å². The highest BCUT2D eigenvalue weighted by Crippen LogP contribution is 2.43. The lowest BCUT2D eigenvalue weighted by molar-refractivity contribution is 0.0979. The van der Waals surface area contributed by atoms with E-state index in [4.69, 9.17) is 0 Å². The molecule has 0 amide bonds. The van der Waals surface area contributed by atoms with E-state index >= 15 is 0 Å². The molecule has 0 aromatic rings. The predicted molar refractivity (Wildman–Crippen MR) is 81.9 cm³/mol. The van der Waals surface area contributed by atoms with E-state index in [0.29, 0.717) is 11.5 Å². The molecule has 0 radical (unpaired) electrons. The first-order valence-corrected chi connectivity index (χ1v) is 7.91. The first-order valence-electron chi connectivity index (χ1n) is 7.91. The summed E-state index contributed by atoms with van der Waals surface area (Å²) in [4.78, 5) is 0. The molecule has 0 aromatic heterocycles. The Balaban J connectivity index is 2.69. The van der Waals surface area contributed by atoms with Crippen molar-refractivity contribution in [3.63, 3.8) is 0 Å². The standard InChI is InChI=1S/C17H33N/c1-6-12-18-16(13-14(3)7-2)15-10-8-9-11-17(15,4)5/h15-16,18H,3,6-13H2,1-2,4-5H3. The van der Waals surface area contributed by atoms with Gasteiger partial charge in [-0.25, -0.2) is 0 Å². The molecule has 1 aliphatic carbocycles. The molecule has 2 atom stereocenters. The third-order valence-electron chi connectivity index (χ3n) is 4.74. The minimum absolute atomic E-state index is 0.498. The molecule has 1 saturated carbocycles. The van der Waals surface area contributed by atoms with Crippen molar-refractivity contribution >= 4 is 0 Å². The topological polar surface area (TPSA) is 12.0 Å². The second-order valence-corrected chi connectivity index (χ2v) is 6.71. The quantitative estimate of drug-likeness (QED) is 0.633. The molecule has 0 spiro atoms. The predicted octanol–water partition coefficient (Wildman–Crippen LogP) is 4.93. The van der Waals surface area contributed by atoms with E-state index < -0.39 is 0 Å². The van der Waals surface area contributed by atoms with Gasteiger partial charge in [-0.15, -0.1) is 0 Å². The van der Waals surface area contributed by atoms with Gasteiger partial charge in [0.05, 0.1) is 0 Å². The van der Waals surface area contributed by atoms with Crippen molar-refractivity contribution in [2.24, 2.45) is 11.3 Å². The van der Waals surface area contributed by atoms with Crippen molar-refractivity contribution in [1.29, 1.82) is 0 Å². The number of rotatable bonds is 7. The van der Waals surface area contributed by atoms with Crippen LogP contribution in [0.1, 0.15) is 72.6 Å². The number of hydrogen-bond acceptors (Lipinski definition) is 1. The maximum Gasteiger partial charge on any atom is 0.0137 e.